The molecule has 2 aromatic rings. The summed E-state index contributed by atoms with van der Waals surface area (Å²) in [7, 11) is 0. The van der Waals surface area contributed by atoms with E-state index in [-0.39, 0.29) is 5.69 Å². The Balaban J connectivity index is 1.85. The normalized spacial score (nSPS) is 14.1. The summed E-state index contributed by atoms with van der Waals surface area (Å²) in [6, 6.07) is 8.63. The molecule has 0 bridgehead atoms. The van der Waals surface area contributed by atoms with Crippen LogP contribution in [0.2, 0.25) is 0 Å². The highest BCUT2D eigenvalue weighted by Gasteiger charge is 2.21. The lowest BCUT2D eigenvalue weighted by molar-refractivity contribution is -0.384. The summed E-state index contributed by atoms with van der Waals surface area (Å²) >= 11 is 0. The zero-order valence-electron chi connectivity index (χ0n) is 10.1. The molecule has 0 aliphatic heterocycles. The van der Waals surface area contributed by atoms with E-state index in [2.05, 4.69) is 15.3 Å². The van der Waals surface area contributed by atoms with E-state index in [0.717, 1.165) is 24.1 Å². The van der Waals surface area contributed by atoms with Gasteiger partial charge in [-0.2, -0.15) is 0 Å². The van der Waals surface area contributed by atoms with Crippen LogP contribution in [0.3, 0.4) is 0 Å². The molecule has 0 radical (unpaired) electrons. The molecule has 96 valence electrons. The Morgan fingerprint density at radius 3 is 2.58 bits per heavy atom. The minimum atomic E-state index is -0.413. The van der Waals surface area contributed by atoms with Gasteiger partial charge < -0.3 is 5.32 Å². The summed E-state index contributed by atoms with van der Waals surface area (Å²) in [4.78, 5) is 18.8. The number of non-ortho nitro benzene ring substituents is 1. The van der Waals surface area contributed by atoms with Gasteiger partial charge in [0, 0.05) is 29.9 Å². The molecule has 0 atom stereocenters. The maximum absolute atomic E-state index is 10.6. The van der Waals surface area contributed by atoms with E-state index in [1.54, 1.807) is 24.4 Å². The summed E-state index contributed by atoms with van der Waals surface area (Å²) in [6.45, 7) is 0. The SMILES string of the molecule is O=[N+]([O-])c1ccc(-c2ccnc(NC3CC3)n2)cc1. The maximum atomic E-state index is 10.6. The van der Waals surface area contributed by atoms with E-state index < -0.39 is 4.92 Å². The quantitative estimate of drug-likeness (QED) is 0.671. The Kier molecular flexibility index (Phi) is 2.83. The fraction of sp³-hybridized carbons (Fsp3) is 0.231. The highest BCUT2D eigenvalue weighted by molar-refractivity contribution is 5.61. The number of nitro groups is 1. The van der Waals surface area contributed by atoms with Crippen molar-refractivity contribution in [2.45, 2.75) is 18.9 Å². The summed E-state index contributed by atoms with van der Waals surface area (Å²) in [5.41, 5.74) is 1.68. The molecular formula is C13H12N4O2. The van der Waals surface area contributed by atoms with Gasteiger partial charge in [-0.05, 0) is 31.0 Å². The smallest absolute Gasteiger partial charge is 0.269 e. The van der Waals surface area contributed by atoms with Crippen molar-refractivity contribution in [3.63, 3.8) is 0 Å². The van der Waals surface area contributed by atoms with Gasteiger partial charge >= 0.3 is 0 Å². The first-order valence-electron chi connectivity index (χ1n) is 6.07. The molecule has 1 fully saturated rings. The molecule has 6 heteroatoms. The molecular weight excluding hydrogens is 244 g/mol. The van der Waals surface area contributed by atoms with Crippen molar-refractivity contribution >= 4 is 11.6 Å². The van der Waals surface area contributed by atoms with E-state index in [1.807, 2.05) is 0 Å². The van der Waals surface area contributed by atoms with Crippen molar-refractivity contribution in [1.29, 1.82) is 0 Å². The summed E-state index contributed by atoms with van der Waals surface area (Å²) < 4.78 is 0. The third-order valence-electron chi connectivity index (χ3n) is 2.94. The first kappa shape index (κ1) is 11.6. The van der Waals surface area contributed by atoms with Crippen LogP contribution in [0.5, 0.6) is 0 Å². The molecule has 1 saturated carbocycles. The molecule has 1 aliphatic carbocycles. The molecule has 1 aliphatic rings. The highest BCUT2D eigenvalue weighted by atomic mass is 16.6. The molecule has 1 N–H and O–H groups in total. The predicted octanol–water partition coefficient (Wildman–Crippen LogP) is 2.63. The third-order valence-corrected chi connectivity index (χ3v) is 2.94. The molecule has 6 nitrogen and oxygen atoms in total. The molecule has 3 rings (SSSR count). The second kappa shape index (κ2) is 4.64. The monoisotopic (exact) mass is 256 g/mol. The standard InChI is InChI=1S/C13H12N4O2/c18-17(19)11-5-1-9(2-6-11)12-7-8-14-13(16-12)15-10-3-4-10/h1-2,5-8,10H,3-4H2,(H,14,15,16). The van der Waals surface area contributed by atoms with Crippen molar-refractivity contribution in [3.05, 3.63) is 46.6 Å². The lowest BCUT2D eigenvalue weighted by Gasteiger charge is -2.05. The molecule has 0 unspecified atom stereocenters. The lowest BCUT2D eigenvalue weighted by Crippen LogP contribution is -2.05. The number of nitro benzene ring substituents is 1. The van der Waals surface area contributed by atoms with E-state index in [1.165, 1.54) is 12.1 Å². The number of hydrogen-bond donors (Lipinski definition) is 1. The van der Waals surface area contributed by atoms with Crippen LogP contribution in [0.15, 0.2) is 36.5 Å². The van der Waals surface area contributed by atoms with Crippen molar-refractivity contribution in [2.75, 3.05) is 5.32 Å². The molecule has 1 aromatic carbocycles. The second-order valence-corrected chi connectivity index (χ2v) is 4.49. The fourth-order valence-corrected chi connectivity index (χ4v) is 1.75. The van der Waals surface area contributed by atoms with Gasteiger partial charge in [0.05, 0.1) is 10.6 Å². The number of nitrogens with zero attached hydrogens (tertiary/aromatic N) is 3. The maximum Gasteiger partial charge on any atom is 0.269 e. The summed E-state index contributed by atoms with van der Waals surface area (Å²) in [5, 5.41) is 13.8. The fourth-order valence-electron chi connectivity index (χ4n) is 1.75. The van der Waals surface area contributed by atoms with Crippen LogP contribution in [-0.2, 0) is 0 Å². The van der Waals surface area contributed by atoms with Crippen LogP contribution in [0.25, 0.3) is 11.3 Å². The first-order chi connectivity index (χ1) is 9.22. The van der Waals surface area contributed by atoms with Gasteiger partial charge in [0.15, 0.2) is 0 Å². The van der Waals surface area contributed by atoms with Crippen molar-refractivity contribution in [2.24, 2.45) is 0 Å². The zero-order valence-corrected chi connectivity index (χ0v) is 10.1. The van der Waals surface area contributed by atoms with E-state index in [9.17, 15) is 10.1 Å². The highest BCUT2D eigenvalue weighted by Crippen LogP contribution is 2.25. The lowest BCUT2D eigenvalue weighted by atomic mass is 10.1. The van der Waals surface area contributed by atoms with Gasteiger partial charge in [-0.1, -0.05) is 0 Å². The van der Waals surface area contributed by atoms with Crippen LogP contribution in [-0.4, -0.2) is 20.9 Å². The van der Waals surface area contributed by atoms with Crippen molar-refractivity contribution < 1.29 is 4.92 Å². The Morgan fingerprint density at radius 2 is 1.95 bits per heavy atom. The van der Waals surface area contributed by atoms with Crippen LogP contribution >= 0.6 is 0 Å². The van der Waals surface area contributed by atoms with E-state index >= 15 is 0 Å². The van der Waals surface area contributed by atoms with Crippen LogP contribution in [0.4, 0.5) is 11.6 Å². The molecule has 0 spiro atoms. The number of aromatic nitrogens is 2. The Hall–Kier alpha value is -2.50. The Morgan fingerprint density at radius 1 is 1.21 bits per heavy atom. The largest absolute Gasteiger partial charge is 0.351 e. The minimum Gasteiger partial charge on any atom is -0.351 e. The average Bonchev–Trinajstić information content (AvgIpc) is 3.23. The van der Waals surface area contributed by atoms with Gasteiger partial charge in [-0.25, -0.2) is 9.97 Å². The van der Waals surface area contributed by atoms with E-state index in [0.29, 0.717) is 12.0 Å². The molecule has 0 amide bonds. The number of anilines is 1. The van der Waals surface area contributed by atoms with Crippen LogP contribution in [0.1, 0.15) is 12.8 Å². The van der Waals surface area contributed by atoms with Gasteiger partial charge in [0.2, 0.25) is 5.95 Å². The van der Waals surface area contributed by atoms with E-state index in [4.69, 9.17) is 0 Å². The van der Waals surface area contributed by atoms with Gasteiger partial charge in [0.25, 0.3) is 5.69 Å². The Labute approximate surface area is 109 Å². The molecule has 1 aromatic heterocycles. The summed E-state index contributed by atoms with van der Waals surface area (Å²) in [5.74, 6) is 0.610. The summed E-state index contributed by atoms with van der Waals surface area (Å²) in [6.07, 6.45) is 4.00. The van der Waals surface area contributed by atoms with Gasteiger partial charge in [-0.3, -0.25) is 10.1 Å². The Bertz CT molecular complexity index is 608. The number of rotatable bonds is 4. The number of benzene rings is 1. The third kappa shape index (κ3) is 2.67. The zero-order chi connectivity index (χ0) is 13.2. The minimum absolute atomic E-state index is 0.0779. The average molecular weight is 256 g/mol. The molecule has 1 heterocycles. The van der Waals surface area contributed by atoms with Crippen molar-refractivity contribution in [1.82, 2.24) is 9.97 Å². The molecule has 0 saturated heterocycles. The van der Waals surface area contributed by atoms with Gasteiger partial charge in [-0.15, -0.1) is 0 Å². The van der Waals surface area contributed by atoms with Crippen LogP contribution < -0.4 is 5.32 Å². The van der Waals surface area contributed by atoms with Gasteiger partial charge in [0.1, 0.15) is 0 Å². The number of nitrogens with one attached hydrogen (secondary N) is 1. The van der Waals surface area contributed by atoms with Crippen LogP contribution in [0, 0.1) is 10.1 Å². The first-order valence-corrected chi connectivity index (χ1v) is 6.07. The predicted molar refractivity (Wildman–Crippen MR) is 70.8 cm³/mol. The topological polar surface area (TPSA) is 81.0 Å². The molecule has 19 heavy (non-hydrogen) atoms. The number of hydrogen-bond acceptors (Lipinski definition) is 5. The second-order valence-electron chi connectivity index (χ2n) is 4.49. The van der Waals surface area contributed by atoms with Crippen molar-refractivity contribution in [3.8, 4) is 11.3 Å².